The Balaban J connectivity index is 0.800. The third kappa shape index (κ3) is 6.78. The second-order valence-electron chi connectivity index (χ2n) is 23.5. The van der Waals surface area contributed by atoms with Gasteiger partial charge in [-0.3, -0.25) is 23.7 Å². The van der Waals surface area contributed by atoms with Gasteiger partial charge in [0.25, 0.3) is 0 Å². The Morgan fingerprint density at radius 1 is 0.349 bits per heavy atom. The molecule has 2 aliphatic carbocycles. The molecule has 406 valence electrons. The quantitative estimate of drug-likeness (QED) is 0.155. The summed E-state index contributed by atoms with van der Waals surface area (Å²) in [6.07, 6.45) is 3.86. The van der Waals surface area contributed by atoms with Gasteiger partial charge >= 0.3 is 0 Å². The summed E-state index contributed by atoms with van der Waals surface area (Å²) in [5.41, 5.74) is 16.8. The van der Waals surface area contributed by atoms with E-state index in [1.807, 2.05) is 54.9 Å². The Morgan fingerprint density at radius 3 is 1.51 bits per heavy atom. The van der Waals surface area contributed by atoms with Gasteiger partial charge in [-0.2, -0.15) is 24.9 Å². The van der Waals surface area contributed by atoms with Crippen molar-refractivity contribution in [1.82, 2.24) is 53.6 Å². The molecule has 8 aromatic heterocycles. The zero-order valence-corrected chi connectivity index (χ0v) is 48.0. The highest BCUT2D eigenvalue weighted by Gasteiger charge is 2.45. The molecule has 2 aliphatic rings. The van der Waals surface area contributed by atoms with E-state index in [1.54, 1.807) is 11.3 Å². The van der Waals surface area contributed by atoms with Crippen molar-refractivity contribution in [3.63, 3.8) is 0 Å². The first-order valence-corrected chi connectivity index (χ1v) is 29.8. The van der Waals surface area contributed by atoms with Crippen LogP contribution < -0.4 is 0 Å². The lowest BCUT2D eigenvalue weighted by atomic mass is 9.81. The number of benzene rings is 8. The van der Waals surface area contributed by atoms with Crippen LogP contribution in [0.5, 0.6) is 0 Å². The van der Waals surface area contributed by atoms with E-state index in [1.165, 1.54) is 10.3 Å². The fourth-order valence-electron chi connectivity index (χ4n) is 14.3. The maximum Gasteiger partial charge on any atom is 0.240 e. The van der Waals surface area contributed by atoms with Gasteiger partial charge in [0, 0.05) is 104 Å². The summed E-state index contributed by atoms with van der Waals surface area (Å²) in [6, 6.07) is 74.5. The zero-order chi connectivity index (χ0) is 57.2. The summed E-state index contributed by atoms with van der Waals surface area (Å²) in [4.78, 5) is 42.7. The van der Waals surface area contributed by atoms with Crippen LogP contribution >= 0.6 is 11.3 Å². The largest absolute Gasteiger partial charge is 0.281 e. The van der Waals surface area contributed by atoms with E-state index in [9.17, 15) is 0 Å². The van der Waals surface area contributed by atoms with Crippen LogP contribution in [0.25, 0.3) is 149 Å². The molecule has 0 amide bonds. The minimum absolute atomic E-state index is 0.384. The second kappa shape index (κ2) is 17.9. The van der Waals surface area contributed by atoms with Gasteiger partial charge in [0.15, 0.2) is 17.5 Å². The van der Waals surface area contributed by atoms with Crippen molar-refractivity contribution in [3.8, 4) is 85.7 Å². The number of fused-ring (bicyclic) bond motifs is 16. The molecule has 0 bridgehead atoms. The fraction of sp³-hybridized carbons (Fsp3) is 0.0811. The van der Waals surface area contributed by atoms with Gasteiger partial charge in [0.2, 0.25) is 17.8 Å². The Bertz CT molecular complexity index is 5500. The highest BCUT2D eigenvalue weighted by Crippen LogP contribution is 2.57. The normalized spacial score (nSPS) is 13.8. The van der Waals surface area contributed by atoms with Crippen LogP contribution in [0.3, 0.4) is 0 Å². The molecule has 8 heterocycles. The van der Waals surface area contributed by atoms with Crippen molar-refractivity contribution >= 4 is 75.1 Å². The summed E-state index contributed by atoms with van der Waals surface area (Å²) in [5, 5.41) is 6.77. The Labute approximate surface area is 497 Å². The average molecular weight is 1120 g/mol. The van der Waals surface area contributed by atoms with Gasteiger partial charge in [0.1, 0.15) is 0 Å². The molecule has 0 radical (unpaired) electrons. The minimum Gasteiger partial charge on any atom is -0.281 e. The number of pyridine rings is 2. The zero-order valence-electron chi connectivity index (χ0n) is 47.2. The molecule has 12 heteroatoms. The molecule has 8 aromatic carbocycles. The molecule has 11 nitrogen and oxygen atoms in total. The number of hydrogen-bond acceptors (Lipinski definition) is 9. The van der Waals surface area contributed by atoms with Crippen molar-refractivity contribution in [2.45, 2.75) is 38.5 Å². The van der Waals surface area contributed by atoms with Gasteiger partial charge in [0.05, 0.1) is 33.5 Å². The van der Waals surface area contributed by atoms with E-state index in [2.05, 4.69) is 211 Å². The van der Waals surface area contributed by atoms with Crippen LogP contribution in [-0.4, -0.2) is 53.6 Å². The number of aromatic nitrogens is 11. The molecular formula is C74H49N11S. The van der Waals surface area contributed by atoms with Gasteiger partial charge in [-0.25, -0.2) is 4.98 Å². The van der Waals surface area contributed by atoms with Crippen molar-refractivity contribution in [3.05, 3.63) is 247 Å². The third-order valence-corrected chi connectivity index (χ3v) is 19.2. The summed E-state index contributed by atoms with van der Waals surface area (Å²) < 4.78 is 8.99. The molecule has 18 rings (SSSR count). The van der Waals surface area contributed by atoms with E-state index < -0.39 is 5.41 Å². The molecule has 0 fully saturated rings. The van der Waals surface area contributed by atoms with Crippen LogP contribution in [0.4, 0.5) is 0 Å². The molecule has 0 unspecified atom stereocenters. The molecule has 16 aromatic rings. The minimum atomic E-state index is -0.578. The molecular weight excluding hydrogens is 1070 g/mol. The topological polar surface area (TPSA) is 118 Å². The molecule has 0 spiro atoms. The molecule has 0 saturated heterocycles. The van der Waals surface area contributed by atoms with Crippen molar-refractivity contribution in [2.75, 3.05) is 0 Å². The summed E-state index contributed by atoms with van der Waals surface area (Å²) >= 11 is 1.77. The Kier molecular flexibility index (Phi) is 10.1. The van der Waals surface area contributed by atoms with Crippen LogP contribution in [0.15, 0.2) is 225 Å². The highest BCUT2D eigenvalue weighted by atomic mass is 32.1. The third-order valence-electron chi connectivity index (χ3n) is 18.0. The predicted octanol–water partition coefficient (Wildman–Crippen LogP) is 17.5. The van der Waals surface area contributed by atoms with E-state index >= 15 is 0 Å². The van der Waals surface area contributed by atoms with E-state index in [4.69, 9.17) is 39.9 Å². The van der Waals surface area contributed by atoms with Crippen molar-refractivity contribution < 1.29 is 0 Å². The predicted molar refractivity (Wildman–Crippen MR) is 347 cm³/mol. The first-order chi connectivity index (χ1) is 42.2. The van der Waals surface area contributed by atoms with Gasteiger partial charge in [-0.05, 0) is 76.9 Å². The SMILES string of the molecule is CC1(C)c2cccnc2-c2c1n(-c1nc(-c3ccccc3)nc(-c3cccc4c3sc3ccc(-c5ccnc6c5C(C)(C)c5c-6c6ccccc6n5-c5nc(-c6ccccc6)nc(-n6c7ccccc7c7ccccc76)n5)cc34)n1)c1ccccc21. The van der Waals surface area contributed by atoms with Crippen molar-refractivity contribution in [2.24, 2.45) is 0 Å². The number of rotatable bonds is 7. The maximum atomic E-state index is 5.51. The lowest BCUT2D eigenvalue weighted by Crippen LogP contribution is -2.22. The van der Waals surface area contributed by atoms with Gasteiger partial charge < -0.3 is 0 Å². The Morgan fingerprint density at radius 2 is 0.860 bits per heavy atom. The summed E-state index contributed by atoms with van der Waals surface area (Å²) in [7, 11) is 0. The van der Waals surface area contributed by atoms with Crippen LogP contribution in [0.2, 0.25) is 0 Å². The number of para-hydroxylation sites is 4. The standard InChI is InChI=1S/C74H49N11S/c1-73(2)53-31-20-39-75-62(53)59-49-27-13-17-34-56(49)84(65(59)73)70-78-67(42-21-7-5-8-22-42)77-69(81-70)51-30-19-29-48-52-41-44(36-37-58(52)86-64(48)51)45-38-40-76-63-60-50-28-14-18-35-57(50)85(66(60)74(3,4)61(45)63)72-80-68(43-23-9-6-10-24-43)79-71(82-72)83-54-32-15-11-25-46(54)47-26-12-16-33-55(47)83/h5-41H,1-4H3. The first-order valence-electron chi connectivity index (χ1n) is 29.0. The smallest absolute Gasteiger partial charge is 0.240 e. The lowest BCUT2D eigenvalue weighted by molar-refractivity contribution is 0.616. The maximum absolute atomic E-state index is 5.51. The molecule has 0 aliphatic heterocycles. The first kappa shape index (κ1) is 48.7. The number of thiophene rings is 1. The van der Waals surface area contributed by atoms with Crippen LogP contribution in [-0.2, 0) is 10.8 Å². The molecule has 0 N–H and O–H groups in total. The summed E-state index contributed by atoms with van der Waals surface area (Å²) in [5.74, 6) is 3.46. The van der Waals surface area contributed by atoms with Crippen molar-refractivity contribution in [1.29, 1.82) is 0 Å². The molecule has 86 heavy (non-hydrogen) atoms. The fourth-order valence-corrected chi connectivity index (χ4v) is 15.5. The van der Waals surface area contributed by atoms with Crippen LogP contribution in [0, 0.1) is 0 Å². The average Bonchev–Trinajstić information content (AvgIpc) is 1.56. The highest BCUT2D eigenvalue weighted by molar-refractivity contribution is 7.26. The van der Waals surface area contributed by atoms with Gasteiger partial charge in [-0.1, -0.05) is 185 Å². The van der Waals surface area contributed by atoms with Gasteiger partial charge in [-0.15, -0.1) is 11.3 Å². The van der Waals surface area contributed by atoms with Crippen LogP contribution in [0.1, 0.15) is 50.2 Å². The lowest BCUT2D eigenvalue weighted by Gasteiger charge is -2.26. The van der Waals surface area contributed by atoms with E-state index in [0.717, 1.165) is 126 Å². The summed E-state index contributed by atoms with van der Waals surface area (Å²) in [6.45, 7) is 9.21. The van der Waals surface area contributed by atoms with E-state index in [0.29, 0.717) is 35.3 Å². The van der Waals surface area contributed by atoms with E-state index in [-0.39, 0.29) is 5.41 Å². The molecule has 0 saturated carbocycles. The molecule has 0 atom stereocenters. The number of nitrogens with zero attached hydrogens (tertiary/aromatic N) is 11. The Hall–Kier alpha value is -10.8. The number of hydrogen-bond donors (Lipinski definition) is 0. The monoisotopic (exact) mass is 1120 g/mol. The second-order valence-corrected chi connectivity index (χ2v) is 24.6.